The van der Waals surface area contributed by atoms with Gasteiger partial charge in [0.25, 0.3) is 0 Å². The number of esters is 2. The Labute approximate surface area is 361 Å². The van der Waals surface area contributed by atoms with E-state index in [0.717, 1.165) is 70.6 Å². The molecule has 2 unspecified atom stereocenters. The van der Waals surface area contributed by atoms with Gasteiger partial charge >= 0.3 is 19.8 Å². The summed E-state index contributed by atoms with van der Waals surface area (Å²) >= 11 is 0. The zero-order valence-electron chi connectivity index (χ0n) is 38.0. The Kier molecular flexibility index (Phi) is 38.7. The number of phosphoric ester groups is 1. The van der Waals surface area contributed by atoms with Gasteiger partial charge in [-0.15, -0.1) is 0 Å². The van der Waals surface area contributed by atoms with Crippen molar-refractivity contribution in [2.24, 2.45) is 0 Å². The second kappa shape index (κ2) is 40.6. The molecule has 0 aliphatic rings. The van der Waals surface area contributed by atoms with Gasteiger partial charge in [-0.05, 0) is 70.6 Å². The van der Waals surface area contributed by atoms with E-state index in [1.165, 1.54) is 57.8 Å². The molecule has 0 radical (unpaired) electrons. The predicted octanol–water partition coefficient (Wildman–Crippen LogP) is 13.2. The summed E-state index contributed by atoms with van der Waals surface area (Å²) in [5.41, 5.74) is 0. The van der Waals surface area contributed by atoms with Crippen molar-refractivity contribution in [3.63, 3.8) is 0 Å². The molecule has 0 aromatic heterocycles. The molecule has 0 heterocycles. The highest BCUT2D eigenvalue weighted by Gasteiger charge is 2.27. The van der Waals surface area contributed by atoms with E-state index < -0.39 is 26.5 Å². The van der Waals surface area contributed by atoms with Gasteiger partial charge < -0.3 is 18.9 Å². The molecule has 0 fully saturated rings. The van der Waals surface area contributed by atoms with Crippen LogP contribution in [0.3, 0.4) is 0 Å². The number of ether oxygens (including phenoxy) is 2. The molecular formula is C49H85NO8P+. The average Bonchev–Trinajstić information content (AvgIpc) is 3.19. The van der Waals surface area contributed by atoms with Gasteiger partial charge in [0.2, 0.25) is 0 Å². The third kappa shape index (κ3) is 44.6. The van der Waals surface area contributed by atoms with Crippen LogP contribution in [0.5, 0.6) is 0 Å². The van der Waals surface area contributed by atoms with Crippen LogP contribution in [0.2, 0.25) is 0 Å². The SMILES string of the molecule is CC/C=C/C=C/C=C/C=C/CCCCCC(=O)OC(COC(=O)CCCCCCCCCCC/C=C/C/C=C/C/C=C/CCCCC)COP(=O)(O)OCC[N+](C)(C)C. The molecule has 2 atom stereocenters. The van der Waals surface area contributed by atoms with E-state index in [4.69, 9.17) is 18.5 Å². The van der Waals surface area contributed by atoms with Crippen molar-refractivity contribution < 1.29 is 42.1 Å². The van der Waals surface area contributed by atoms with Crippen molar-refractivity contribution in [3.05, 3.63) is 85.1 Å². The molecule has 0 aliphatic carbocycles. The summed E-state index contributed by atoms with van der Waals surface area (Å²) in [5, 5.41) is 0. The van der Waals surface area contributed by atoms with E-state index in [1.54, 1.807) is 0 Å². The summed E-state index contributed by atoms with van der Waals surface area (Å²) in [6.45, 7) is 4.18. The van der Waals surface area contributed by atoms with Gasteiger partial charge in [-0.3, -0.25) is 18.6 Å². The number of hydrogen-bond donors (Lipinski definition) is 1. The fourth-order valence-electron chi connectivity index (χ4n) is 5.68. The number of quaternary nitrogens is 1. The number of carbonyl (C=O) groups excluding carboxylic acids is 2. The minimum atomic E-state index is -4.39. The fraction of sp³-hybridized carbons (Fsp3) is 0.673. The van der Waals surface area contributed by atoms with Crippen LogP contribution in [0.4, 0.5) is 0 Å². The van der Waals surface area contributed by atoms with Gasteiger partial charge in [-0.1, -0.05) is 163 Å². The van der Waals surface area contributed by atoms with Crippen molar-refractivity contribution in [3.8, 4) is 0 Å². The van der Waals surface area contributed by atoms with Crippen LogP contribution in [-0.4, -0.2) is 74.9 Å². The lowest BCUT2D eigenvalue weighted by molar-refractivity contribution is -0.870. The second-order valence-electron chi connectivity index (χ2n) is 16.1. The Bertz CT molecular complexity index is 1280. The number of phosphoric acid groups is 1. The zero-order valence-corrected chi connectivity index (χ0v) is 38.8. The molecule has 0 amide bonds. The van der Waals surface area contributed by atoms with Gasteiger partial charge in [-0.25, -0.2) is 4.57 Å². The lowest BCUT2D eigenvalue weighted by Crippen LogP contribution is -2.37. The van der Waals surface area contributed by atoms with Crippen molar-refractivity contribution >= 4 is 19.8 Å². The maximum Gasteiger partial charge on any atom is 0.472 e. The van der Waals surface area contributed by atoms with Gasteiger partial charge in [0, 0.05) is 12.8 Å². The first-order valence-electron chi connectivity index (χ1n) is 22.9. The third-order valence-electron chi connectivity index (χ3n) is 9.25. The molecular weight excluding hydrogens is 762 g/mol. The molecule has 0 aliphatic heterocycles. The predicted molar refractivity (Wildman–Crippen MR) is 247 cm³/mol. The number of unbranched alkanes of at least 4 members (excludes halogenated alkanes) is 15. The maximum absolute atomic E-state index is 12.7. The van der Waals surface area contributed by atoms with Crippen LogP contribution in [0.25, 0.3) is 0 Å². The summed E-state index contributed by atoms with van der Waals surface area (Å²) in [5.74, 6) is -0.858. The normalized spacial score (nSPS) is 14.3. The van der Waals surface area contributed by atoms with Crippen LogP contribution in [0.1, 0.15) is 162 Å². The molecule has 0 saturated heterocycles. The minimum absolute atomic E-state index is 0.0181. The second-order valence-corrected chi connectivity index (χ2v) is 17.6. The molecule has 1 N–H and O–H groups in total. The van der Waals surface area contributed by atoms with Gasteiger partial charge in [-0.2, -0.15) is 0 Å². The van der Waals surface area contributed by atoms with Gasteiger partial charge in [0.15, 0.2) is 6.10 Å². The van der Waals surface area contributed by atoms with Crippen LogP contribution in [-0.2, 0) is 32.7 Å². The number of likely N-dealkylation sites (N-methyl/N-ethyl adjacent to an activating group) is 1. The van der Waals surface area contributed by atoms with E-state index in [0.29, 0.717) is 17.4 Å². The van der Waals surface area contributed by atoms with Crippen LogP contribution in [0.15, 0.2) is 85.1 Å². The number of allylic oxidation sites excluding steroid dienone is 14. The quantitative estimate of drug-likeness (QED) is 0.0162. The lowest BCUT2D eigenvalue weighted by Gasteiger charge is -2.24. The Hall–Kier alpha value is -2.81. The molecule has 0 bridgehead atoms. The Morgan fingerprint density at radius 1 is 0.559 bits per heavy atom. The van der Waals surface area contributed by atoms with Crippen molar-refractivity contribution in [1.29, 1.82) is 0 Å². The van der Waals surface area contributed by atoms with Crippen molar-refractivity contribution in [1.82, 2.24) is 0 Å². The number of carbonyl (C=O) groups is 2. The first kappa shape index (κ1) is 56.2. The number of nitrogens with zero attached hydrogens (tertiary/aromatic N) is 1. The van der Waals surface area contributed by atoms with E-state index in [2.05, 4.69) is 62.5 Å². The largest absolute Gasteiger partial charge is 0.472 e. The van der Waals surface area contributed by atoms with Crippen molar-refractivity contribution in [2.75, 3.05) is 47.5 Å². The summed E-state index contributed by atoms with van der Waals surface area (Å²) in [7, 11) is 1.43. The summed E-state index contributed by atoms with van der Waals surface area (Å²) in [6, 6.07) is 0. The molecule has 0 rings (SSSR count). The fourth-order valence-corrected chi connectivity index (χ4v) is 6.42. The topological polar surface area (TPSA) is 108 Å². The van der Waals surface area contributed by atoms with E-state index in [-0.39, 0.29) is 32.0 Å². The highest BCUT2D eigenvalue weighted by molar-refractivity contribution is 7.47. The maximum atomic E-state index is 12.7. The summed E-state index contributed by atoms with van der Waals surface area (Å²) in [4.78, 5) is 35.4. The molecule has 9 nitrogen and oxygen atoms in total. The molecule has 0 spiro atoms. The highest BCUT2D eigenvalue weighted by atomic mass is 31.2. The number of rotatable bonds is 40. The van der Waals surface area contributed by atoms with Crippen LogP contribution < -0.4 is 0 Å². The molecule has 59 heavy (non-hydrogen) atoms. The van der Waals surface area contributed by atoms with E-state index >= 15 is 0 Å². The Morgan fingerprint density at radius 3 is 1.61 bits per heavy atom. The third-order valence-corrected chi connectivity index (χ3v) is 10.2. The highest BCUT2D eigenvalue weighted by Crippen LogP contribution is 2.43. The molecule has 0 saturated carbocycles. The Morgan fingerprint density at radius 2 is 1.03 bits per heavy atom. The first-order valence-corrected chi connectivity index (χ1v) is 24.4. The molecule has 0 aromatic carbocycles. The molecule has 338 valence electrons. The summed E-state index contributed by atoms with van der Waals surface area (Å²) < 4.78 is 34.3. The van der Waals surface area contributed by atoms with E-state index in [1.807, 2.05) is 57.6 Å². The summed E-state index contributed by atoms with van der Waals surface area (Å²) in [6.07, 6.45) is 52.1. The smallest absolute Gasteiger partial charge is 0.462 e. The van der Waals surface area contributed by atoms with Crippen molar-refractivity contribution in [2.45, 2.75) is 168 Å². The standard InChI is InChI=1S/C49H84NO8P/c1-6-8-10-12-14-16-18-20-21-22-23-24-25-26-27-28-30-31-33-35-37-39-41-48(51)55-45-47(46-57-59(53,54)56-44-43-50(3,4)5)58-49(52)42-40-38-36-34-32-29-19-17-15-13-11-9-7-2/h9,11,13-17,19-21,23-24,29,32,47H,6-8,10,12,18,22,25-28,30-31,33-46H2,1-5H3/p+1/b11-9+,15-13+,16-14+,19-17+,21-20+,24-23+,32-29+. The molecule has 0 aromatic rings. The zero-order chi connectivity index (χ0) is 43.6. The van der Waals surface area contributed by atoms with Gasteiger partial charge in [0.1, 0.15) is 19.8 Å². The lowest BCUT2D eigenvalue weighted by atomic mass is 10.1. The number of hydrogen-bond acceptors (Lipinski definition) is 7. The van der Waals surface area contributed by atoms with E-state index in [9.17, 15) is 19.0 Å². The monoisotopic (exact) mass is 847 g/mol. The Balaban J connectivity index is 4.34. The minimum Gasteiger partial charge on any atom is -0.462 e. The average molecular weight is 847 g/mol. The molecule has 10 heteroatoms. The van der Waals surface area contributed by atoms with Crippen LogP contribution in [0, 0.1) is 0 Å². The van der Waals surface area contributed by atoms with Gasteiger partial charge in [0.05, 0.1) is 27.7 Å². The van der Waals surface area contributed by atoms with Crippen LogP contribution >= 0.6 is 7.82 Å². The first-order chi connectivity index (χ1) is 28.5.